The molecule has 4 heteroatoms. The van der Waals surface area contributed by atoms with E-state index in [-0.39, 0.29) is 6.10 Å². The van der Waals surface area contributed by atoms with Crippen LogP contribution in [0.1, 0.15) is 18.6 Å². The van der Waals surface area contributed by atoms with E-state index in [0.29, 0.717) is 19.0 Å². The molecule has 1 aliphatic rings. The van der Waals surface area contributed by atoms with Gasteiger partial charge >= 0.3 is 0 Å². The lowest BCUT2D eigenvalue weighted by Gasteiger charge is -2.08. The largest absolute Gasteiger partial charge is 0.454 e. The van der Waals surface area contributed by atoms with Crippen LogP contribution in [-0.4, -0.2) is 17.8 Å². The number of rotatable bonds is 5. The number of aliphatic hydroxyl groups is 1. The Labute approximate surface area is 97.0 Å². The van der Waals surface area contributed by atoms with Crippen molar-refractivity contribution in [3.8, 4) is 0 Å². The number of aliphatic hydroxyl groups excluding tert-OH is 1. The molecule has 0 aliphatic heterocycles. The molecule has 2 N–H and O–H groups in total. The maximum Gasteiger partial charge on any atom is 0.164 e. The van der Waals surface area contributed by atoms with Gasteiger partial charge in [0, 0.05) is 6.54 Å². The Morgan fingerprint density at radius 3 is 2.93 bits per heavy atom. The zero-order chi connectivity index (χ0) is 9.97. The van der Waals surface area contributed by atoms with Crippen LogP contribution in [-0.2, 0) is 6.54 Å². The van der Waals surface area contributed by atoms with Crippen molar-refractivity contribution in [1.82, 2.24) is 5.32 Å². The molecule has 3 nitrogen and oxygen atoms in total. The summed E-state index contributed by atoms with van der Waals surface area (Å²) in [6.07, 6.45) is 2.19. The van der Waals surface area contributed by atoms with Gasteiger partial charge in [-0.15, -0.1) is 0 Å². The first-order chi connectivity index (χ1) is 6.75. The van der Waals surface area contributed by atoms with Crippen LogP contribution in [0.2, 0.25) is 0 Å². The molecular weight excluding hydrogens is 293 g/mol. The molecule has 1 atom stereocenters. The molecule has 0 spiro atoms. The van der Waals surface area contributed by atoms with E-state index in [1.54, 1.807) is 0 Å². The average Bonchev–Trinajstić information content (AvgIpc) is 2.92. The van der Waals surface area contributed by atoms with Gasteiger partial charge in [0.2, 0.25) is 0 Å². The maximum atomic E-state index is 9.58. The van der Waals surface area contributed by atoms with Crippen molar-refractivity contribution in [1.29, 1.82) is 0 Å². The number of halogens is 1. The Hall–Kier alpha value is -0.0700. The molecule has 78 valence electrons. The SMILES string of the molecule is OC(CNCc1ccc(I)o1)C1CC1. The first-order valence-corrected chi connectivity index (χ1v) is 5.96. The Balaban J connectivity index is 1.67. The van der Waals surface area contributed by atoms with Crippen LogP contribution in [0.25, 0.3) is 0 Å². The molecule has 1 aromatic heterocycles. The molecule has 1 heterocycles. The molecule has 1 unspecified atom stereocenters. The standard InChI is InChI=1S/C10H14INO2/c11-10-4-3-8(14-10)5-12-6-9(13)7-1-2-7/h3-4,7,9,12-13H,1-2,5-6H2. The van der Waals surface area contributed by atoms with Gasteiger partial charge in [0.15, 0.2) is 3.77 Å². The predicted molar refractivity (Wildman–Crippen MR) is 61.9 cm³/mol. The van der Waals surface area contributed by atoms with Gasteiger partial charge < -0.3 is 14.8 Å². The maximum absolute atomic E-state index is 9.58. The van der Waals surface area contributed by atoms with E-state index in [2.05, 4.69) is 27.9 Å². The Kier molecular flexibility index (Phi) is 3.46. The Morgan fingerprint density at radius 2 is 2.36 bits per heavy atom. The van der Waals surface area contributed by atoms with E-state index in [0.717, 1.165) is 9.53 Å². The molecule has 0 bridgehead atoms. The van der Waals surface area contributed by atoms with E-state index in [1.807, 2.05) is 12.1 Å². The topological polar surface area (TPSA) is 45.4 Å². The van der Waals surface area contributed by atoms with Crippen LogP contribution in [0.5, 0.6) is 0 Å². The predicted octanol–water partition coefficient (Wildman–Crippen LogP) is 1.74. The van der Waals surface area contributed by atoms with Crippen LogP contribution in [0.15, 0.2) is 16.5 Å². The van der Waals surface area contributed by atoms with Gasteiger partial charge in [-0.25, -0.2) is 0 Å². The molecular formula is C10H14INO2. The lowest BCUT2D eigenvalue weighted by Crippen LogP contribution is -2.27. The zero-order valence-corrected chi connectivity index (χ0v) is 10.0. The summed E-state index contributed by atoms with van der Waals surface area (Å²) < 4.78 is 6.29. The fraction of sp³-hybridized carbons (Fsp3) is 0.600. The van der Waals surface area contributed by atoms with Crippen molar-refractivity contribution >= 4 is 22.6 Å². The highest BCUT2D eigenvalue weighted by atomic mass is 127. The van der Waals surface area contributed by atoms with Crippen LogP contribution in [0, 0.1) is 9.68 Å². The number of furan rings is 1. The first kappa shape index (κ1) is 10.4. The smallest absolute Gasteiger partial charge is 0.164 e. The molecule has 1 saturated carbocycles. The lowest BCUT2D eigenvalue weighted by atomic mass is 10.2. The lowest BCUT2D eigenvalue weighted by molar-refractivity contribution is 0.147. The molecule has 0 radical (unpaired) electrons. The van der Waals surface area contributed by atoms with Crippen LogP contribution in [0.4, 0.5) is 0 Å². The summed E-state index contributed by atoms with van der Waals surface area (Å²) in [5.41, 5.74) is 0. The molecule has 0 aromatic carbocycles. The third-order valence-corrected chi connectivity index (χ3v) is 3.03. The van der Waals surface area contributed by atoms with E-state index < -0.39 is 0 Å². The summed E-state index contributed by atoms with van der Waals surface area (Å²) in [6.45, 7) is 1.37. The fourth-order valence-electron chi connectivity index (χ4n) is 1.44. The van der Waals surface area contributed by atoms with E-state index in [4.69, 9.17) is 4.42 Å². The molecule has 0 amide bonds. The van der Waals surface area contributed by atoms with E-state index >= 15 is 0 Å². The van der Waals surface area contributed by atoms with Crippen LogP contribution >= 0.6 is 22.6 Å². The third-order valence-electron chi connectivity index (χ3n) is 2.45. The van der Waals surface area contributed by atoms with Gasteiger partial charge in [-0.2, -0.15) is 0 Å². The van der Waals surface area contributed by atoms with Crippen molar-refractivity contribution in [3.63, 3.8) is 0 Å². The van der Waals surface area contributed by atoms with Gasteiger partial charge in [0.1, 0.15) is 5.76 Å². The van der Waals surface area contributed by atoms with Crippen molar-refractivity contribution < 1.29 is 9.52 Å². The van der Waals surface area contributed by atoms with Gasteiger partial charge in [-0.1, -0.05) is 0 Å². The second-order valence-corrected chi connectivity index (χ2v) is 4.80. The summed E-state index contributed by atoms with van der Waals surface area (Å²) in [7, 11) is 0. The second-order valence-electron chi connectivity index (χ2n) is 3.74. The Morgan fingerprint density at radius 1 is 1.57 bits per heavy atom. The van der Waals surface area contributed by atoms with E-state index in [1.165, 1.54) is 12.8 Å². The summed E-state index contributed by atoms with van der Waals surface area (Å²) >= 11 is 2.14. The number of hydrogen-bond donors (Lipinski definition) is 2. The minimum absolute atomic E-state index is 0.177. The summed E-state index contributed by atoms with van der Waals surface area (Å²) in [5, 5.41) is 12.8. The van der Waals surface area contributed by atoms with Crippen molar-refractivity contribution in [2.75, 3.05) is 6.54 Å². The minimum Gasteiger partial charge on any atom is -0.454 e. The molecule has 1 fully saturated rings. The highest BCUT2D eigenvalue weighted by Gasteiger charge is 2.29. The average molecular weight is 307 g/mol. The van der Waals surface area contributed by atoms with Gasteiger partial charge in [0.05, 0.1) is 12.6 Å². The summed E-state index contributed by atoms with van der Waals surface area (Å²) in [4.78, 5) is 0. The van der Waals surface area contributed by atoms with Crippen molar-refractivity contribution in [2.24, 2.45) is 5.92 Å². The molecule has 1 aliphatic carbocycles. The zero-order valence-electron chi connectivity index (χ0n) is 7.87. The molecule has 1 aromatic rings. The molecule has 14 heavy (non-hydrogen) atoms. The summed E-state index contributed by atoms with van der Waals surface area (Å²) in [6, 6.07) is 3.90. The number of nitrogens with one attached hydrogen (secondary N) is 1. The van der Waals surface area contributed by atoms with Gasteiger partial charge in [0.25, 0.3) is 0 Å². The number of hydrogen-bond acceptors (Lipinski definition) is 3. The van der Waals surface area contributed by atoms with Crippen LogP contribution < -0.4 is 5.32 Å². The highest BCUT2D eigenvalue weighted by molar-refractivity contribution is 14.1. The molecule has 0 saturated heterocycles. The minimum atomic E-state index is -0.177. The first-order valence-electron chi connectivity index (χ1n) is 4.88. The van der Waals surface area contributed by atoms with Crippen LogP contribution in [0.3, 0.4) is 0 Å². The third kappa shape index (κ3) is 2.96. The van der Waals surface area contributed by atoms with Crippen molar-refractivity contribution in [3.05, 3.63) is 21.7 Å². The summed E-state index contributed by atoms with van der Waals surface area (Å²) in [5.74, 6) is 1.47. The van der Waals surface area contributed by atoms with Gasteiger partial charge in [-0.3, -0.25) is 0 Å². The fourth-order valence-corrected chi connectivity index (χ4v) is 1.90. The highest BCUT2D eigenvalue weighted by Crippen LogP contribution is 2.32. The molecule has 2 rings (SSSR count). The van der Waals surface area contributed by atoms with Gasteiger partial charge in [-0.05, 0) is 53.5 Å². The van der Waals surface area contributed by atoms with E-state index in [9.17, 15) is 5.11 Å². The monoisotopic (exact) mass is 307 g/mol. The quantitative estimate of drug-likeness (QED) is 0.815. The second kappa shape index (κ2) is 4.63. The Bertz CT molecular complexity index is 296. The van der Waals surface area contributed by atoms with Crippen molar-refractivity contribution in [2.45, 2.75) is 25.5 Å². The normalized spacial score (nSPS) is 18.4.